The highest BCUT2D eigenvalue weighted by molar-refractivity contribution is 5.57. The lowest BCUT2D eigenvalue weighted by molar-refractivity contribution is -0.153. The molecule has 0 bridgehead atoms. The summed E-state index contributed by atoms with van der Waals surface area (Å²) < 4.78 is 41.9. The average molecular weight is 301 g/mol. The Morgan fingerprint density at radius 2 is 1.76 bits per heavy atom. The highest BCUT2D eigenvalue weighted by Gasteiger charge is 2.30. The van der Waals surface area contributed by atoms with E-state index in [4.69, 9.17) is 4.74 Å². The maximum Gasteiger partial charge on any atom is 0.422 e. The lowest BCUT2D eigenvalue weighted by Gasteiger charge is -2.36. The third kappa shape index (κ3) is 4.55. The van der Waals surface area contributed by atoms with Crippen LogP contribution in [0.25, 0.3) is 0 Å². The van der Waals surface area contributed by atoms with E-state index in [1.54, 1.807) is 24.3 Å². The summed E-state index contributed by atoms with van der Waals surface area (Å²) in [4.78, 5) is 0. The van der Waals surface area contributed by atoms with Gasteiger partial charge >= 0.3 is 6.18 Å². The molecule has 0 saturated heterocycles. The van der Waals surface area contributed by atoms with E-state index in [9.17, 15) is 13.2 Å². The first kappa shape index (κ1) is 16.0. The molecular weight excluding hydrogens is 279 g/mol. The van der Waals surface area contributed by atoms with Crippen molar-refractivity contribution in [1.82, 2.24) is 0 Å². The summed E-state index contributed by atoms with van der Waals surface area (Å²) in [5.74, 6) is 1.27. The van der Waals surface area contributed by atoms with Crippen LogP contribution in [-0.2, 0) is 0 Å². The first-order chi connectivity index (χ1) is 9.87. The van der Waals surface area contributed by atoms with Gasteiger partial charge in [-0.1, -0.05) is 32.4 Å². The second-order valence-corrected chi connectivity index (χ2v) is 5.96. The van der Waals surface area contributed by atoms with E-state index in [1.165, 1.54) is 6.42 Å². The Morgan fingerprint density at radius 1 is 1.14 bits per heavy atom. The average Bonchev–Trinajstić information content (AvgIpc) is 2.41. The number of anilines is 1. The van der Waals surface area contributed by atoms with E-state index >= 15 is 0 Å². The fraction of sp³-hybridized carbons (Fsp3) is 0.625. The zero-order chi connectivity index (χ0) is 15.5. The molecule has 0 heterocycles. The molecule has 1 N–H and O–H groups in total. The molecule has 1 aliphatic rings. The van der Waals surface area contributed by atoms with Crippen molar-refractivity contribution in [3.8, 4) is 5.75 Å². The number of ether oxygens (including phenoxy) is 1. The molecule has 1 aromatic rings. The van der Waals surface area contributed by atoms with Gasteiger partial charge in [0.1, 0.15) is 5.75 Å². The van der Waals surface area contributed by atoms with E-state index in [1.807, 2.05) is 0 Å². The minimum absolute atomic E-state index is 0.264. The van der Waals surface area contributed by atoms with Crippen LogP contribution in [0.4, 0.5) is 18.9 Å². The quantitative estimate of drug-likeness (QED) is 0.857. The third-order valence-corrected chi connectivity index (χ3v) is 4.15. The van der Waals surface area contributed by atoms with Crippen LogP contribution < -0.4 is 10.1 Å². The van der Waals surface area contributed by atoms with Crippen molar-refractivity contribution >= 4 is 5.69 Å². The van der Waals surface area contributed by atoms with Gasteiger partial charge in [-0.3, -0.25) is 0 Å². The van der Waals surface area contributed by atoms with Crippen molar-refractivity contribution in [3.05, 3.63) is 24.3 Å². The van der Waals surface area contributed by atoms with E-state index in [0.717, 1.165) is 12.8 Å². The van der Waals surface area contributed by atoms with Crippen LogP contribution in [0.1, 0.15) is 33.1 Å². The minimum atomic E-state index is -4.32. The number of hydrogen-bond acceptors (Lipinski definition) is 2. The van der Waals surface area contributed by atoms with Gasteiger partial charge < -0.3 is 10.1 Å². The van der Waals surface area contributed by atoms with Crippen LogP contribution in [0.2, 0.25) is 0 Å². The predicted octanol–water partition coefficient (Wildman–Crippen LogP) is 4.86. The van der Waals surface area contributed by atoms with E-state index in [2.05, 4.69) is 19.2 Å². The maximum absolute atomic E-state index is 12.3. The van der Waals surface area contributed by atoms with Gasteiger partial charge in [-0.25, -0.2) is 0 Å². The van der Waals surface area contributed by atoms with E-state index < -0.39 is 12.8 Å². The first-order valence-electron chi connectivity index (χ1n) is 7.42. The van der Waals surface area contributed by atoms with Crippen LogP contribution in [0.15, 0.2) is 24.3 Å². The van der Waals surface area contributed by atoms with Crippen molar-refractivity contribution in [2.24, 2.45) is 11.8 Å². The van der Waals surface area contributed by atoms with Gasteiger partial charge in [0.2, 0.25) is 0 Å². The number of rotatable bonds is 4. The smallest absolute Gasteiger partial charge is 0.422 e. The summed E-state index contributed by atoms with van der Waals surface area (Å²) in [5.41, 5.74) is 0.646. The molecule has 5 heteroatoms. The Balaban J connectivity index is 2.08. The second kappa shape index (κ2) is 6.58. The third-order valence-electron chi connectivity index (χ3n) is 4.15. The van der Waals surface area contributed by atoms with Crippen LogP contribution >= 0.6 is 0 Å². The molecule has 1 fully saturated rings. The molecule has 0 radical (unpaired) electrons. The predicted molar refractivity (Wildman–Crippen MR) is 77.6 cm³/mol. The Bertz CT molecular complexity index is 451. The lowest BCUT2D eigenvalue weighted by atomic mass is 9.78. The SMILES string of the molecule is CC1CCCC(C)C1Nc1ccccc1OCC(F)(F)F. The molecule has 118 valence electrons. The molecule has 2 nitrogen and oxygen atoms in total. The maximum atomic E-state index is 12.3. The number of nitrogens with one attached hydrogen (secondary N) is 1. The molecule has 1 aromatic carbocycles. The fourth-order valence-electron chi connectivity index (χ4n) is 3.02. The molecule has 1 aliphatic carbocycles. The number of halogens is 3. The molecule has 0 aromatic heterocycles. The largest absolute Gasteiger partial charge is 0.482 e. The minimum Gasteiger partial charge on any atom is -0.482 e. The monoisotopic (exact) mass is 301 g/mol. The molecular formula is C16H22F3NO. The van der Waals surface area contributed by atoms with Crippen LogP contribution in [0.5, 0.6) is 5.75 Å². The van der Waals surface area contributed by atoms with Crippen LogP contribution in [0, 0.1) is 11.8 Å². The molecule has 0 aliphatic heterocycles. The fourth-order valence-corrected chi connectivity index (χ4v) is 3.02. The van der Waals surface area contributed by atoms with Crippen molar-refractivity contribution in [2.75, 3.05) is 11.9 Å². The molecule has 1 saturated carbocycles. The number of hydrogen-bond donors (Lipinski definition) is 1. The number of benzene rings is 1. The Kier molecular flexibility index (Phi) is 5.01. The standard InChI is InChI=1S/C16H22F3NO/c1-11-6-5-7-12(2)15(11)20-13-8-3-4-9-14(13)21-10-16(17,18)19/h3-4,8-9,11-12,15,20H,5-7,10H2,1-2H3. The summed E-state index contributed by atoms with van der Waals surface area (Å²) in [6, 6.07) is 7.12. The molecule has 2 atom stereocenters. The van der Waals surface area contributed by atoms with Gasteiger partial charge in [-0.05, 0) is 36.8 Å². The topological polar surface area (TPSA) is 21.3 Å². The van der Waals surface area contributed by atoms with Gasteiger partial charge in [0.05, 0.1) is 5.69 Å². The van der Waals surface area contributed by atoms with Crippen molar-refractivity contribution in [2.45, 2.75) is 45.3 Å². The number of alkyl halides is 3. The summed E-state index contributed by atoms with van der Waals surface area (Å²) in [7, 11) is 0. The van der Waals surface area contributed by atoms with Gasteiger partial charge in [-0.15, -0.1) is 0 Å². The zero-order valence-corrected chi connectivity index (χ0v) is 12.4. The summed E-state index contributed by atoms with van der Waals surface area (Å²) in [6.45, 7) is 3.11. The lowest BCUT2D eigenvalue weighted by Crippen LogP contribution is -2.37. The zero-order valence-electron chi connectivity index (χ0n) is 12.4. The van der Waals surface area contributed by atoms with Crippen LogP contribution in [0.3, 0.4) is 0 Å². The molecule has 0 amide bonds. The van der Waals surface area contributed by atoms with Gasteiger partial charge in [0.15, 0.2) is 6.61 Å². The first-order valence-corrected chi connectivity index (χ1v) is 7.42. The molecule has 0 spiro atoms. The second-order valence-electron chi connectivity index (χ2n) is 5.96. The van der Waals surface area contributed by atoms with Crippen molar-refractivity contribution in [3.63, 3.8) is 0 Å². The van der Waals surface area contributed by atoms with Crippen LogP contribution in [-0.4, -0.2) is 18.8 Å². The highest BCUT2D eigenvalue weighted by atomic mass is 19.4. The molecule has 2 unspecified atom stereocenters. The Labute approximate surface area is 123 Å². The summed E-state index contributed by atoms with van der Waals surface area (Å²) in [6.07, 6.45) is -0.813. The van der Waals surface area contributed by atoms with E-state index in [0.29, 0.717) is 17.5 Å². The number of para-hydroxylation sites is 2. The Hall–Kier alpha value is -1.39. The van der Waals surface area contributed by atoms with Crippen molar-refractivity contribution in [1.29, 1.82) is 0 Å². The highest BCUT2D eigenvalue weighted by Crippen LogP contribution is 2.34. The van der Waals surface area contributed by atoms with Gasteiger partial charge in [-0.2, -0.15) is 13.2 Å². The van der Waals surface area contributed by atoms with Crippen molar-refractivity contribution < 1.29 is 17.9 Å². The van der Waals surface area contributed by atoms with Gasteiger partial charge in [0.25, 0.3) is 0 Å². The summed E-state index contributed by atoms with van der Waals surface area (Å²) in [5, 5.41) is 3.39. The van der Waals surface area contributed by atoms with E-state index in [-0.39, 0.29) is 11.8 Å². The normalized spacial score (nSPS) is 26.4. The molecule has 2 rings (SSSR count). The van der Waals surface area contributed by atoms with Gasteiger partial charge in [0, 0.05) is 6.04 Å². The summed E-state index contributed by atoms with van der Waals surface area (Å²) >= 11 is 0. The Morgan fingerprint density at radius 3 is 2.38 bits per heavy atom. The molecule has 21 heavy (non-hydrogen) atoms.